The summed E-state index contributed by atoms with van der Waals surface area (Å²) in [6.07, 6.45) is 1.26. The predicted octanol–water partition coefficient (Wildman–Crippen LogP) is 1.18. The Balaban J connectivity index is 3.82. The van der Waals surface area contributed by atoms with E-state index in [0.717, 1.165) is 6.54 Å². The highest BCUT2D eigenvalue weighted by molar-refractivity contribution is 5.86. The number of amides is 1. The molecule has 0 aromatic rings. The first-order valence-corrected chi connectivity index (χ1v) is 3.99. The largest absolute Gasteiger partial charge is 0.286 e. The van der Waals surface area contributed by atoms with Crippen LogP contribution in [0.15, 0.2) is 12.7 Å². The minimum Gasteiger partial charge on any atom is -0.286 e. The van der Waals surface area contributed by atoms with Gasteiger partial charge in [-0.15, -0.1) is 0 Å². The van der Waals surface area contributed by atoms with E-state index in [9.17, 15) is 4.79 Å². The average Bonchev–Trinajstić information content (AvgIpc) is 1.82. The van der Waals surface area contributed by atoms with Gasteiger partial charge in [0.1, 0.15) is 0 Å². The van der Waals surface area contributed by atoms with Crippen molar-refractivity contribution in [1.29, 1.82) is 0 Å². The molecule has 12 heavy (non-hydrogen) atoms. The quantitative estimate of drug-likeness (QED) is 0.509. The molecule has 0 spiro atoms. The molecule has 0 aliphatic heterocycles. The lowest BCUT2D eigenvalue weighted by Crippen LogP contribution is -2.42. The van der Waals surface area contributed by atoms with Crippen molar-refractivity contribution in [2.75, 3.05) is 13.6 Å². The van der Waals surface area contributed by atoms with Gasteiger partial charge in [0.25, 0.3) is 5.91 Å². The molecule has 3 nitrogen and oxygen atoms in total. The molecule has 0 aromatic heterocycles. The van der Waals surface area contributed by atoms with Crippen molar-refractivity contribution in [3.05, 3.63) is 12.7 Å². The normalized spacial score (nSPS) is 11.4. The number of nitrogens with zero attached hydrogens (tertiary/aromatic N) is 1. The number of hydrazine groups is 1. The molecule has 0 fully saturated rings. The van der Waals surface area contributed by atoms with Crippen LogP contribution in [0, 0.1) is 5.41 Å². The standard InChI is InChI=1S/C9H18N2O/c1-6-8(12)10-11(5)7-9(2,3)4/h6H,1,7H2,2-5H3,(H,10,12). The smallest absolute Gasteiger partial charge is 0.257 e. The van der Waals surface area contributed by atoms with Crippen LogP contribution >= 0.6 is 0 Å². The zero-order chi connectivity index (χ0) is 9.78. The minimum atomic E-state index is -0.165. The molecule has 0 rings (SSSR count). The van der Waals surface area contributed by atoms with E-state index in [1.165, 1.54) is 6.08 Å². The fourth-order valence-corrected chi connectivity index (χ4v) is 0.985. The van der Waals surface area contributed by atoms with Crippen LogP contribution in [0.3, 0.4) is 0 Å². The topological polar surface area (TPSA) is 32.3 Å². The van der Waals surface area contributed by atoms with Gasteiger partial charge in [-0.05, 0) is 11.5 Å². The van der Waals surface area contributed by atoms with Gasteiger partial charge in [0.2, 0.25) is 0 Å². The van der Waals surface area contributed by atoms with Gasteiger partial charge in [-0.25, -0.2) is 5.01 Å². The number of carbonyl (C=O) groups excluding carboxylic acids is 1. The molecule has 0 aromatic carbocycles. The van der Waals surface area contributed by atoms with Crippen molar-refractivity contribution in [3.63, 3.8) is 0 Å². The fourth-order valence-electron chi connectivity index (χ4n) is 0.985. The zero-order valence-electron chi connectivity index (χ0n) is 8.35. The van der Waals surface area contributed by atoms with Crippen LogP contribution in [0.25, 0.3) is 0 Å². The Kier molecular flexibility index (Phi) is 3.96. The van der Waals surface area contributed by atoms with Gasteiger partial charge in [-0.2, -0.15) is 0 Å². The van der Waals surface area contributed by atoms with Crippen molar-refractivity contribution in [3.8, 4) is 0 Å². The SMILES string of the molecule is C=CC(=O)NN(C)CC(C)(C)C. The molecule has 1 N–H and O–H groups in total. The summed E-state index contributed by atoms with van der Waals surface area (Å²) in [4.78, 5) is 10.8. The van der Waals surface area contributed by atoms with Gasteiger partial charge < -0.3 is 0 Å². The van der Waals surface area contributed by atoms with Crippen LogP contribution in [0.4, 0.5) is 0 Å². The highest BCUT2D eigenvalue weighted by Gasteiger charge is 2.13. The monoisotopic (exact) mass is 170 g/mol. The fraction of sp³-hybridized carbons (Fsp3) is 0.667. The highest BCUT2D eigenvalue weighted by atomic mass is 16.2. The lowest BCUT2D eigenvalue weighted by atomic mass is 9.97. The number of nitrogens with one attached hydrogen (secondary N) is 1. The number of carbonyl (C=O) groups is 1. The number of rotatable bonds is 3. The third kappa shape index (κ3) is 5.92. The maximum atomic E-state index is 10.8. The van der Waals surface area contributed by atoms with Crippen LogP contribution in [0.2, 0.25) is 0 Å². The van der Waals surface area contributed by atoms with Gasteiger partial charge >= 0.3 is 0 Å². The predicted molar refractivity (Wildman–Crippen MR) is 50.4 cm³/mol. The molecule has 0 saturated carbocycles. The van der Waals surface area contributed by atoms with Crippen LogP contribution < -0.4 is 5.43 Å². The molecular weight excluding hydrogens is 152 g/mol. The van der Waals surface area contributed by atoms with E-state index in [0.29, 0.717) is 0 Å². The lowest BCUT2D eigenvalue weighted by Gasteiger charge is -2.26. The summed E-state index contributed by atoms with van der Waals surface area (Å²) in [7, 11) is 1.84. The molecule has 0 bridgehead atoms. The van der Waals surface area contributed by atoms with E-state index in [4.69, 9.17) is 0 Å². The molecule has 0 saturated heterocycles. The summed E-state index contributed by atoms with van der Waals surface area (Å²) in [6.45, 7) is 10.5. The summed E-state index contributed by atoms with van der Waals surface area (Å²) < 4.78 is 0. The van der Waals surface area contributed by atoms with Crippen molar-refractivity contribution in [2.24, 2.45) is 5.41 Å². The summed E-state index contributed by atoms with van der Waals surface area (Å²) >= 11 is 0. The number of hydrogen-bond acceptors (Lipinski definition) is 2. The molecule has 0 radical (unpaired) electrons. The van der Waals surface area contributed by atoms with Gasteiger partial charge in [0, 0.05) is 13.6 Å². The molecular formula is C9H18N2O. The van der Waals surface area contributed by atoms with Crippen LogP contribution in [0.5, 0.6) is 0 Å². The van der Waals surface area contributed by atoms with Crippen molar-refractivity contribution >= 4 is 5.91 Å². The molecule has 3 heteroatoms. The molecule has 1 amide bonds. The second-order valence-corrected chi connectivity index (χ2v) is 4.10. The second-order valence-electron chi connectivity index (χ2n) is 4.10. The lowest BCUT2D eigenvalue weighted by molar-refractivity contribution is -0.120. The third-order valence-electron chi connectivity index (χ3n) is 1.20. The molecule has 0 unspecified atom stereocenters. The Morgan fingerprint density at radius 1 is 1.58 bits per heavy atom. The van der Waals surface area contributed by atoms with E-state index < -0.39 is 0 Å². The molecule has 0 atom stereocenters. The van der Waals surface area contributed by atoms with Gasteiger partial charge in [-0.1, -0.05) is 27.4 Å². The maximum Gasteiger partial charge on any atom is 0.257 e. The second kappa shape index (κ2) is 4.26. The Hall–Kier alpha value is -0.830. The maximum absolute atomic E-state index is 10.8. The molecule has 0 heterocycles. The molecule has 0 aliphatic rings. The van der Waals surface area contributed by atoms with Crippen molar-refractivity contribution in [2.45, 2.75) is 20.8 Å². The Bertz CT molecular complexity index is 170. The van der Waals surface area contributed by atoms with E-state index in [-0.39, 0.29) is 11.3 Å². The molecule has 70 valence electrons. The summed E-state index contributed by atoms with van der Waals surface area (Å²) in [5.74, 6) is -0.165. The molecule has 0 aliphatic carbocycles. The first-order valence-electron chi connectivity index (χ1n) is 3.99. The van der Waals surface area contributed by atoms with Crippen LogP contribution in [-0.4, -0.2) is 24.5 Å². The highest BCUT2D eigenvalue weighted by Crippen LogP contribution is 2.12. The van der Waals surface area contributed by atoms with Crippen molar-refractivity contribution < 1.29 is 4.79 Å². The summed E-state index contributed by atoms with van der Waals surface area (Å²) in [5, 5.41) is 1.77. The first kappa shape index (κ1) is 11.2. The number of hydrogen-bond donors (Lipinski definition) is 1. The third-order valence-corrected chi connectivity index (χ3v) is 1.20. The van der Waals surface area contributed by atoms with E-state index in [2.05, 4.69) is 32.8 Å². The first-order chi connectivity index (χ1) is 5.35. The van der Waals surface area contributed by atoms with Gasteiger partial charge in [0.05, 0.1) is 0 Å². The van der Waals surface area contributed by atoms with E-state index >= 15 is 0 Å². The van der Waals surface area contributed by atoms with E-state index in [1.807, 2.05) is 7.05 Å². The zero-order valence-corrected chi connectivity index (χ0v) is 8.35. The Morgan fingerprint density at radius 3 is 2.42 bits per heavy atom. The van der Waals surface area contributed by atoms with Gasteiger partial charge in [-0.3, -0.25) is 10.2 Å². The Morgan fingerprint density at radius 2 is 2.08 bits per heavy atom. The van der Waals surface area contributed by atoms with Crippen LogP contribution in [0.1, 0.15) is 20.8 Å². The summed E-state index contributed by atoms with van der Waals surface area (Å²) in [5.41, 5.74) is 2.85. The van der Waals surface area contributed by atoms with Gasteiger partial charge in [0.15, 0.2) is 0 Å². The average molecular weight is 170 g/mol. The van der Waals surface area contributed by atoms with Crippen LogP contribution in [-0.2, 0) is 4.79 Å². The minimum absolute atomic E-state index is 0.165. The Labute approximate surface area is 74.4 Å². The van der Waals surface area contributed by atoms with E-state index in [1.54, 1.807) is 5.01 Å². The summed E-state index contributed by atoms with van der Waals surface area (Å²) in [6, 6.07) is 0. The van der Waals surface area contributed by atoms with Crippen molar-refractivity contribution in [1.82, 2.24) is 10.4 Å².